The Morgan fingerprint density at radius 1 is 1.33 bits per heavy atom. The lowest BCUT2D eigenvalue weighted by Crippen LogP contribution is -2.37. The number of benzene rings is 1. The van der Waals surface area contributed by atoms with Gasteiger partial charge in [-0.05, 0) is 30.0 Å². The van der Waals surface area contributed by atoms with E-state index in [4.69, 9.17) is 22.4 Å². The van der Waals surface area contributed by atoms with Gasteiger partial charge in [0.1, 0.15) is 0 Å². The molecule has 0 aliphatic heterocycles. The molecule has 24 heavy (non-hydrogen) atoms. The van der Waals surface area contributed by atoms with Crippen molar-refractivity contribution in [1.82, 2.24) is 0 Å². The van der Waals surface area contributed by atoms with E-state index in [9.17, 15) is 19.1 Å². The predicted octanol–water partition coefficient (Wildman–Crippen LogP) is 2.79. The Morgan fingerprint density at radius 2 is 2.00 bits per heavy atom. The van der Waals surface area contributed by atoms with E-state index in [1.807, 2.05) is 0 Å². The molecule has 2 rings (SSSR count). The van der Waals surface area contributed by atoms with Gasteiger partial charge in [-0.25, -0.2) is 0 Å². The number of halogens is 1. The summed E-state index contributed by atoms with van der Waals surface area (Å²) in [6.07, 6.45) is 3.31. The van der Waals surface area contributed by atoms with E-state index in [2.05, 4.69) is 0 Å². The monoisotopic (exact) mass is 371 g/mol. The molecule has 1 aliphatic carbocycles. The number of hydrogen-bond acceptors (Lipinski definition) is 3. The van der Waals surface area contributed by atoms with Gasteiger partial charge in [-0.15, -0.1) is 0 Å². The maximum atomic E-state index is 11.4. The molecule has 1 aromatic rings. The highest BCUT2D eigenvalue weighted by molar-refractivity contribution is 7.52. The molecule has 6 nitrogen and oxygen atoms in total. The van der Waals surface area contributed by atoms with Gasteiger partial charge in [0, 0.05) is 11.4 Å². The van der Waals surface area contributed by atoms with E-state index in [1.165, 1.54) is 0 Å². The molecule has 8 heteroatoms. The van der Waals surface area contributed by atoms with Crippen LogP contribution in [0.4, 0.5) is 0 Å². The van der Waals surface area contributed by atoms with Crippen molar-refractivity contribution < 1.29 is 24.3 Å². The van der Waals surface area contributed by atoms with E-state index < -0.39 is 25.3 Å². The molecule has 0 spiro atoms. The van der Waals surface area contributed by atoms with Crippen molar-refractivity contribution in [2.24, 2.45) is 5.73 Å². The van der Waals surface area contributed by atoms with Gasteiger partial charge in [0.25, 0.3) is 0 Å². The first-order valence-electron chi connectivity index (χ1n) is 7.30. The first-order chi connectivity index (χ1) is 11.1. The summed E-state index contributed by atoms with van der Waals surface area (Å²) in [6, 6.07) is 6.99. The zero-order chi connectivity index (χ0) is 18.0. The molecule has 130 valence electrons. The Balaban J connectivity index is 2.41. The standard InChI is InChI=1S/C16H19ClNO5P/c17-14-4-2-1-3-13(14)16(18)8-11(5-6-15(19)20)7-12(9-16)10-24(21,22)23/h1-4,7,9H,5-6,8,10,18H2,(H,19,20)(H2,21,22,23)/t16-/m0/s1. The molecule has 0 saturated carbocycles. The number of aliphatic carboxylic acids is 1. The molecule has 0 heterocycles. The van der Waals surface area contributed by atoms with Crippen molar-refractivity contribution >= 4 is 25.2 Å². The fourth-order valence-corrected chi connectivity index (χ4v) is 3.85. The Kier molecular flexibility index (Phi) is 5.68. The third kappa shape index (κ3) is 5.03. The van der Waals surface area contributed by atoms with E-state index in [0.29, 0.717) is 22.6 Å². The number of carbonyl (C=O) groups is 1. The lowest BCUT2D eigenvalue weighted by Gasteiger charge is -2.33. The fourth-order valence-electron chi connectivity index (χ4n) is 2.88. The second-order valence-electron chi connectivity index (χ2n) is 5.94. The van der Waals surface area contributed by atoms with Gasteiger partial charge in [-0.1, -0.05) is 47.5 Å². The van der Waals surface area contributed by atoms with E-state index in [1.54, 1.807) is 36.4 Å². The molecule has 0 radical (unpaired) electrons. The molecule has 1 atom stereocenters. The number of rotatable bonds is 6. The Labute approximate surface area is 144 Å². The summed E-state index contributed by atoms with van der Waals surface area (Å²) >= 11 is 6.23. The Morgan fingerprint density at radius 3 is 2.58 bits per heavy atom. The van der Waals surface area contributed by atoms with Crippen molar-refractivity contribution in [2.75, 3.05) is 6.16 Å². The van der Waals surface area contributed by atoms with Gasteiger partial charge in [-0.2, -0.15) is 0 Å². The van der Waals surface area contributed by atoms with Crippen LogP contribution in [0.25, 0.3) is 0 Å². The number of hydrogen-bond donors (Lipinski definition) is 4. The third-order valence-corrected chi connectivity index (χ3v) is 4.88. The number of allylic oxidation sites excluding steroid dienone is 2. The van der Waals surface area contributed by atoms with Crippen LogP contribution < -0.4 is 5.73 Å². The average Bonchev–Trinajstić information content (AvgIpc) is 2.43. The van der Waals surface area contributed by atoms with Crippen molar-refractivity contribution in [3.8, 4) is 0 Å². The predicted molar refractivity (Wildman–Crippen MR) is 91.9 cm³/mol. The first-order valence-corrected chi connectivity index (χ1v) is 9.48. The molecule has 5 N–H and O–H groups in total. The topological polar surface area (TPSA) is 121 Å². The SMILES string of the molecule is N[C@]1(c2ccccc2Cl)C=C(CP(=O)(O)O)C=C(CCC(=O)O)C1. The summed E-state index contributed by atoms with van der Waals surface area (Å²) in [7, 11) is -4.28. The first kappa shape index (κ1) is 18.9. The summed E-state index contributed by atoms with van der Waals surface area (Å²) in [5.41, 5.74) is 7.20. The highest BCUT2D eigenvalue weighted by Crippen LogP contribution is 2.43. The van der Waals surface area contributed by atoms with Gasteiger partial charge in [0.15, 0.2) is 0 Å². The lowest BCUT2D eigenvalue weighted by atomic mass is 9.78. The van der Waals surface area contributed by atoms with Crippen LogP contribution in [-0.4, -0.2) is 27.0 Å². The van der Waals surface area contributed by atoms with Gasteiger partial charge in [0.2, 0.25) is 0 Å². The molecule has 0 bridgehead atoms. The maximum absolute atomic E-state index is 11.4. The molecule has 1 aromatic carbocycles. The van der Waals surface area contributed by atoms with Crippen LogP contribution in [0.2, 0.25) is 5.02 Å². The number of carboxylic acid groups (broad SMARTS) is 1. The van der Waals surface area contributed by atoms with Crippen molar-refractivity contribution in [3.63, 3.8) is 0 Å². The van der Waals surface area contributed by atoms with Crippen LogP contribution in [-0.2, 0) is 14.9 Å². The van der Waals surface area contributed by atoms with Crippen molar-refractivity contribution in [3.05, 3.63) is 58.1 Å². The zero-order valence-corrected chi connectivity index (χ0v) is 14.5. The van der Waals surface area contributed by atoms with Crippen LogP contribution in [0.15, 0.2) is 47.6 Å². The van der Waals surface area contributed by atoms with Gasteiger partial charge < -0.3 is 20.6 Å². The molecule has 0 fully saturated rings. The molecule has 0 aromatic heterocycles. The van der Waals surface area contributed by atoms with Crippen molar-refractivity contribution in [1.29, 1.82) is 0 Å². The summed E-state index contributed by atoms with van der Waals surface area (Å²) in [4.78, 5) is 29.3. The van der Waals surface area contributed by atoms with Gasteiger partial charge in [-0.3, -0.25) is 9.36 Å². The second-order valence-corrected chi connectivity index (χ2v) is 7.99. The van der Waals surface area contributed by atoms with Crippen LogP contribution in [0.3, 0.4) is 0 Å². The summed E-state index contributed by atoms with van der Waals surface area (Å²) in [5, 5.41) is 9.32. The van der Waals surface area contributed by atoms with Crippen LogP contribution in [0, 0.1) is 0 Å². The van der Waals surface area contributed by atoms with Gasteiger partial charge >= 0.3 is 13.6 Å². The summed E-state index contributed by atoms with van der Waals surface area (Å²) < 4.78 is 11.4. The summed E-state index contributed by atoms with van der Waals surface area (Å²) in [5.74, 6) is -0.942. The van der Waals surface area contributed by atoms with E-state index >= 15 is 0 Å². The minimum atomic E-state index is -4.28. The molecule has 0 saturated heterocycles. The number of carboxylic acids is 1. The lowest BCUT2D eigenvalue weighted by molar-refractivity contribution is -0.136. The largest absolute Gasteiger partial charge is 0.481 e. The molecule has 0 unspecified atom stereocenters. The Bertz CT molecular complexity index is 755. The van der Waals surface area contributed by atoms with E-state index in [-0.39, 0.29) is 12.8 Å². The quantitative estimate of drug-likeness (QED) is 0.570. The normalized spacial score (nSPS) is 21.2. The molecule has 0 amide bonds. The molecular weight excluding hydrogens is 353 g/mol. The van der Waals surface area contributed by atoms with E-state index in [0.717, 1.165) is 5.57 Å². The second kappa shape index (κ2) is 7.21. The summed E-state index contributed by atoms with van der Waals surface area (Å²) in [6.45, 7) is 0. The number of nitrogens with two attached hydrogens (primary N) is 1. The zero-order valence-electron chi connectivity index (χ0n) is 12.9. The molecular formula is C16H19ClNO5P. The van der Waals surface area contributed by atoms with Gasteiger partial charge in [0.05, 0.1) is 11.7 Å². The fraction of sp³-hybridized carbons (Fsp3) is 0.312. The van der Waals surface area contributed by atoms with Crippen LogP contribution >= 0.6 is 19.2 Å². The van der Waals surface area contributed by atoms with Crippen LogP contribution in [0.5, 0.6) is 0 Å². The highest BCUT2D eigenvalue weighted by Gasteiger charge is 2.32. The van der Waals surface area contributed by atoms with Crippen molar-refractivity contribution in [2.45, 2.75) is 24.8 Å². The average molecular weight is 372 g/mol. The molecule has 1 aliphatic rings. The smallest absolute Gasteiger partial charge is 0.329 e. The maximum Gasteiger partial charge on any atom is 0.329 e. The third-order valence-electron chi connectivity index (χ3n) is 3.78. The minimum absolute atomic E-state index is 0.0758. The minimum Gasteiger partial charge on any atom is -0.481 e. The van der Waals surface area contributed by atoms with Crippen LogP contribution in [0.1, 0.15) is 24.8 Å². The highest BCUT2D eigenvalue weighted by atomic mass is 35.5. The Hall–Kier alpha value is -1.43.